The first-order valence-electron chi connectivity index (χ1n) is 8.39. The highest BCUT2D eigenvalue weighted by Gasteiger charge is 2.36. The van der Waals surface area contributed by atoms with Crippen LogP contribution in [-0.2, 0) is 10.0 Å². The van der Waals surface area contributed by atoms with E-state index in [0.29, 0.717) is 35.8 Å². The third kappa shape index (κ3) is 4.52. The Labute approximate surface area is 163 Å². The molecular formula is C18H20ClN3O4S. The normalized spacial score (nSPS) is 17.5. The topological polar surface area (TPSA) is 87.7 Å². The second kappa shape index (κ2) is 8.16. The maximum Gasteiger partial charge on any atom is 0.320 e. The van der Waals surface area contributed by atoms with Gasteiger partial charge in [-0.3, -0.25) is 0 Å². The van der Waals surface area contributed by atoms with E-state index >= 15 is 0 Å². The van der Waals surface area contributed by atoms with Gasteiger partial charge in [0.15, 0.2) is 0 Å². The van der Waals surface area contributed by atoms with Crippen LogP contribution in [0, 0.1) is 0 Å². The number of ether oxygens (including phenoxy) is 1. The van der Waals surface area contributed by atoms with Crippen LogP contribution in [0.15, 0.2) is 53.4 Å². The summed E-state index contributed by atoms with van der Waals surface area (Å²) in [7, 11) is -2.16. The summed E-state index contributed by atoms with van der Waals surface area (Å²) in [5.41, 5.74) is 0.582. The molecule has 2 aromatic carbocycles. The van der Waals surface area contributed by atoms with Gasteiger partial charge in [0.25, 0.3) is 0 Å². The Balaban J connectivity index is 1.68. The molecule has 7 nitrogen and oxygen atoms in total. The molecule has 1 fully saturated rings. The second-order valence-electron chi connectivity index (χ2n) is 6.05. The number of hydrogen-bond donors (Lipinski definition) is 2. The van der Waals surface area contributed by atoms with Crippen LogP contribution in [0.25, 0.3) is 0 Å². The maximum atomic E-state index is 12.9. The molecule has 0 aliphatic carbocycles. The molecule has 0 saturated carbocycles. The molecule has 2 amide bonds. The quantitative estimate of drug-likeness (QED) is 0.793. The first-order chi connectivity index (χ1) is 12.9. The van der Waals surface area contributed by atoms with E-state index in [1.807, 2.05) is 0 Å². The standard InChI is InChI=1S/C18H20ClN3O4S/c1-26-15-8-6-14(7-9-15)20-18(23)21-17-3-2-12-22(17)27(24,25)16-10-4-13(19)5-11-16/h4-11,17H,2-3,12H2,1H3,(H2,20,21,23). The molecule has 0 aromatic heterocycles. The Morgan fingerprint density at radius 3 is 2.44 bits per heavy atom. The fourth-order valence-corrected chi connectivity index (χ4v) is 4.65. The summed E-state index contributed by atoms with van der Waals surface area (Å²) in [6.45, 7) is 0.346. The summed E-state index contributed by atoms with van der Waals surface area (Å²) in [6.07, 6.45) is 0.604. The van der Waals surface area contributed by atoms with E-state index in [-0.39, 0.29) is 4.90 Å². The number of rotatable bonds is 5. The van der Waals surface area contributed by atoms with Crippen LogP contribution >= 0.6 is 11.6 Å². The Bertz CT molecular complexity index is 901. The largest absolute Gasteiger partial charge is 0.497 e. The van der Waals surface area contributed by atoms with Crippen LogP contribution in [0.4, 0.5) is 10.5 Å². The van der Waals surface area contributed by atoms with Crippen molar-refractivity contribution in [3.8, 4) is 5.75 Å². The number of halogens is 1. The summed E-state index contributed by atoms with van der Waals surface area (Å²) in [6, 6.07) is 12.4. The zero-order valence-electron chi connectivity index (χ0n) is 14.7. The van der Waals surface area contributed by atoms with E-state index in [4.69, 9.17) is 16.3 Å². The van der Waals surface area contributed by atoms with E-state index in [9.17, 15) is 13.2 Å². The van der Waals surface area contributed by atoms with E-state index in [1.165, 1.54) is 28.6 Å². The Hall–Kier alpha value is -2.29. The minimum absolute atomic E-state index is 0.149. The number of amides is 2. The number of hydrogen-bond acceptors (Lipinski definition) is 4. The predicted molar refractivity (Wildman–Crippen MR) is 104 cm³/mol. The van der Waals surface area contributed by atoms with Gasteiger partial charge < -0.3 is 15.4 Å². The molecule has 3 rings (SSSR count). The number of urea groups is 1. The summed E-state index contributed by atoms with van der Waals surface area (Å²) in [5, 5.41) is 5.89. The number of methoxy groups -OCH3 is 1. The van der Waals surface area contributed by atoms with E-state index in [0.717, 1.165) is 0 Å². The molecule has 1 saturated heterocycles. The van der Waals surface area contributed by atoms with E-state index in [1.54, 1.807) is 31.4 Å². The number of sulfonamides is 1. The lowest BCUT2D eigenvalue weighted by Crippen LogP contribution is -2.48. The average Bonchev–Trinajstić information content (AvgIpc) is 3.11. The highest BCUT2D eigenvalue weighted by atomic mass is 35.5. The smallest absolute Gasteiger partial charge is 0.320 e. The Kier molecular flexibility index (Phi) is 5.88. The fraction of sp³-hybridized carbons (Fsp3) is 0.278. The van der Waals surface area contributed by atoms with Crippen molar-refractivity contribution in [2.45, 2.75) is 23.9 Å². The minimum atomic E-state index is -3.72. The molecule has 144 valence electrons. The molecule has 1 heterocycles. The third-order valence-electron chi connectivity index (χ3n) is 4.27. The first kappa shape index (κ1) is 19.5. The lowest BCUT2D eigenvalue weighted by molar-refractivity contribution is 0.240. The van der Waals surface area contributed by atoms with Crippen molar-refractivity contribution < 1.29 is 17.9 Å². The van der Waals surface area contributed by atoms with Gasteiger partial charge in [0.1, 0.15) is 5.75 Å². The summed E-state index contributed by atoms with van der Waals surface area (Å²) < 4.78 is 32.1. The minimum Gasteiger partial charge on any atom is -0.497 e. The van der Waals surface area contributed by atoms with Gasteiger partial charge >= 0.3 is 6.03 Å². The predicted octanol–water partition coefficient (Wildman–Crippen LogP) is 3.28. The van der Waals surface area contributed by atoms with Crippen molar-refractivity contribution in [3.63, 3.8) is 0 Å². The molecule has 1 atom stereocenters. The summed E-state index contributed by atoms with van der Waals surface area (Å²) >= 11 is 5.83. The van der Waals surface area contributed by atoms with Gasteiger partial charge in [0.05, 0.1) is 18.2 Å². The number of benzene rings is 2. The SMILES string of the molecule is COc1ccc(NC(=O)NC2CCCN2S(=O)(=O)c2ccc(Cl)cc2)cc1. The monoisotopic (exact) mass is 409 g/mol. The van der Waals surface area contributed by atoms with Crippen LogP contribution in [0.2, 0.25) is 5.02 Å². The summed E-state index contributed by atoms with van der Waals surface area (Å²) in [4.78, 5) is 12.4. The molecular weight excluding hydrogens is 390 g/mol. The molecule has 0 bridgehead atoms. The van der Waals surface area contributed by atoms with Crippen LogP contribution in [0.3, 0.4) is 0 Å². The zero-order chi connectivity index (χ0) is 19.4. The van der Waals surface area contributed by atoms with Crippen molar-refractivity contribution >= 4 is 33.3 Å². The van der Waals surface area contributed by atoms with Crippen molar-refractivity contribution in [3.05, 3.63) is 53.6 Å². The molecule has 9 heteroatoms. The fourth-order valence-electron chi connectivity index (χ4n) is 2.91. The number of anilines is 1. The van der Waals surface area contributed by atoms with Gasteiger partial charge in [-0.25, -0.2) is 13.2 Å². The molecule has 2 aromatic rings. The van der Waals surface area contributed by atoms with E-state index < -0.39 is 22.2 Å². The lowest BCUT2D eigenvalue weighted by Gasteiger charge is -2.25. The average molecular weight is 410 g/mol. The van der Waals surface area contributed by atoms with Gasteiger partial charge in [-0.05, 0) is 61.4 Å². The van der Waals surface area contributed by atoms with Crippen LogP contribution < -0.4 is 15.4 Å². The van der Waals surface area contributed by atoms with Gasteiger partial charge in [0.2, 0.25) is 10.0 Å². The molecule has 1 aliphatic heterocycles. The molecule has 27 heavy (non-hydrogen) atoms. The number of nitrogens with zero attached hydrogens (tertiary/aromatic N) is 1. The Morgan fingerprint density at radius 2 is 1.81 bits per heavy atom. The highest BCUT2D eigenvalue weighted by molar-refractivity contribution is 7.89. The van der Waals surface area contributed by atoms with Crippen molar-refractivity contribution in [1.82, 2.24) is 9.62 Å². The van der Waals surface area contributed by atoms with E-state index in [2.05, 4.69) is 10.6 Å². The molecule has 2 N–H and O–H groups in total. The number of carbonyl (C=O) groups excluding carboxylic acids is 1. The third-order valence-corrected chi connectivity index (χ3v) is 6.44. The van der Waals surface area contributed by atoms with Gasteiger partial charge in [0, 0.05) is 17.3 Å². The van der Waals surface area contributed by atoms with Crippen LogP contribution in [-0.4, -0.2) is 38.6 Å². The van der Waals surface area contributed by atoms with Gasteiger partial charge in [-0.1, -0.05) is 11.6 Å². The first-order valence-corrected chi connectivity index (χ1v) is 10.2. The van der Waals surface area contributed by atoms with Crippen molar-refractivity contribution in [1.29, 1.82) is 0 Å². The lowest BCUT2D eigenvalue weighted by atomic mass is 10.3. The van der Waals surface area contributed by atoms with Crippen LogP contribution in [0.1, 0.15) is 12.8 Å². The maximum absolute atomic E-state index is 12.9. The van der Waals surface area contributed by atoms with Gasteiger partial charge in [-0.15, -0.1) is 0 Å². The highest BCUT2D eigenvalue weighted by Crippen LogP contribution is 2.26. The van der Waals surface area contributed by atoms with Gasteiger partial charge in [-0.2, -0.15) is 4.31 Å². The molecule has 0 radical (unpaired) electrons. The molecule has 0 spiro atoms. The second-order valence-corrected chi connectivity index (χ2v) is 8.38. The van der Waals surface area contributed by atoms with Crippen molar-refractivity contribution in [2.75, 3.05) is 19.0 Å². The number of nitrogens with one attached hydrogen (secondary N) is 2. The zero-order valence-corrected chi connectivity index (χ0v) is 16.3. The van der Waals surface area contributed by atoms with Crippen molar-refractivity contribution in [2.24, 2.45) is 0 Å². The molecule has 1 aliphatic rings. The molecule has 1 unspecified atom stereocenters. The Morgan fingerprint density at radius 1 is 1.15 bits per heavy atom. The summed E-state index contributed by atoms with van der Waals surface area (Å²) in [5.74, 6) is 0.678. The number of carbonyl (C=O) groups is 1. The van der Waals surface area contributed by atoms with Crippen LogP contribution in [0.5, 0.6) is 5.75 Å².